The Hall–Kier alpha value is -1.62. The fourth-order valence-corrected chi connectivity index (χ4v) is 1.39. The normalized spacial score (nSPS) is 9.15. The summed E-state index contributed by atoms with van der Waals surface area (Å²) in [7, 11) is 6.60. The van der Waals surface area contributed by atoms with Gasteiger partial charge in [0.05, 0.1) is 32.8 Å². The first-order valence-corrected chi connectivity index (χ1v) is 5.80. The van der Waals surface area contributed by atoms with Crippen molar-refractivity contribution in [3.05, 3.63) is 75.5 Å². The summed E-state index contributed by atoms with van der Waals surface area (Å²) < 4.78 is 1.00. The molecular formula is C14H20FeN2O3. The molecule has 0 saturated carbocycles. The minimum atomic E-state index is -1.75. The molecule has 0 unspecified atom stereocenters. The van der Waals surface area contributed by atoms with E-state index >= 15 is 0 Å². The van der Waals surface area contributed by atoms with Crippen LogP contribution >= 0.6 is 0 Å². The molecule has 0 aliphatic rings. The van der Waals surface area contributed by atoms with Crippen LogP contribution in [0.25, 0.3) is 0 Å². The maximum atomic E-state index is 8.25. The smallest absolute Gasteiger partial charge is 0.356 e. The molecule has 0 N–H and O–H groups in total. The van der Waals surface area contributed by atoms with E-state index in [1.807, 2.05) is 30.3 Å². The zero-order chi connectivity index (χ0) is 14.7. The molecule has 0 aliphatic carbocycles. The molecule has 0 spiro atoms. The maximum absolute atomic E-state index is 8.25. The van der Waals surface area contributed by atoms with Crippen LogP contribution in [0.5, 0.6) is 0 Å². The summed E-state index contributed by atoms with van der Waals surface area (Å²) >= 11 is 0. The molecule has 5 nitrogen and oxygen atoms in total. The summed E-state index contributed by atoms with van der Waals surface area (Å²) in [4.78, 5) is 8.25. The molecule has 0 fully saturated rings. The summed E-state index contributed by atoms with van der Waals surface area (Å²) in [5, 5.41) is 14.8. The Morgan fingerprint density at radius 2 is 1.45 bits per heavy atom. The minimum Gasteiger partial charge on any atom is -0.356 e. The van der Waals surface area contributed by atoms with Crippen molar-refractivity contribution in [2.24, 2.45) is 0 Å². The number of rotatable bonds is 2. The molecule has 0 atom stereocenters. The van der Waals surface area contributed by atoms with Gasteiger partial charge in [-0.1, -0.05) is 0 Å². The van der Waals surface area contributed by atoms with Gasteiger partial charge in [-0.05, 0) is 0 Å². The fourth-order valence-electron chi connectivity index (χ4n) is 1.39. The predicted octanol–water partition coefficient (Wildman–Crippen LogP) is 2.78. The molecular weight excluding hydrogens is 300 g/mol. The molecule has 0 bridgehead atoms. The van der Waals surface area contributed by atoms with E-state index in [1.165, 1.54) is 5.56 Å². The Bertz CT molecular complexity index is 398. The van der Waals surface area contributed by atoms with E-state index in [2.05, 4.69) is 45.4 Å². The second kappa shape index (κ2) is 11.2. The SMILES string of the molecule is C[N+](C)(C)C[c-]1cccc1.O=[N+]([O-])[O-].[Fe+2].c1cc[cH-]c1. The maximum Gasteiger partial charge on any atom is 2.00 e. The van der Waals surface area contributed by atoms with Crippen LogP contribution in [0, 0.1) is 15.3 Å². The number of nitrogens with zero attached hydrogens (tertiary/aromatic N) is 2. The van der Waals surface area contributed by atoms with Gasteiger partial charge in [0.1, 0.15) is 0 Å². The van der Waals surface area contributed by atoms with Crippen molar-refractivity contribution < 1.29 is 26.6 Å². The molecule has 0 radical (unpaired) electrons. The van der Waals surface area contributed by atoms with Crippen LogP contribution in [0.2, 0.25) is 0 Å². The standard InChI is InChI=1S/C9H15N.C5H5.Fe.NO3/c1-10(2,3)8-9-6-4-5-7-9;1-2-4-5-3-1;;2-1(3)4/h4-7H,8H2,1-3H3;1-5H;;/q;-1;+2;-1. The van der Waals surface area contributed by atoms with Gasteiger partial charge in [-0.2, -0.15) is 30.3 Å². The second-order valence-corrected chi connectivity index (χ2v) is 4.93. The molecule has 6 heteroatoms. The topological polar surface area (TPSA) is 66.2 Å². The molecule has 0 aromatic heterocycles. The van der Waals surface area contributed by atoms with Gasteiger partial charge in [0.2, 0.25) is 0 Å². The zero-order valence-electron chi connectivity index (χ0n) is 11.9. The van der Waals surface area contributed by atoms with Crippen molar-refractivity contribution in [1.29, 1.82) is 0 Å². The Morgan fingerprint density at radius 1 is 1.05 bits per heavy atom. The monoisotopic (exact) mass is 320 g/mol. The summed E-state index contributed by atoms with van der Waals surface area (Å²) in [6, 6.07) is 18.5. The zero-order valence-corrected chi connectivity index (χ0v) is 13.0. The van der Waals surface area contributed by atoms with Gasteiger partial charge in [-0.25, -0.2) is 24.3 Å². The van der Waals surface area contributed by atoms with E-state index in [-0.39, 0.29) is 17.1 Å². The average molecular weight is 320 g/mol. The molecule has 2 aromatic carbocycles. The van der Waals surface area contributed by atoms with E-state index in [1.54, 1.807) is 0 Å². The molecule has 0 amide bonds. The summed E-state index contributed by atoms with van der Waals surface area (Å²) in [6.07, 6.45) is 0. The van der Waals surface area contributed by atoms with Gasteiger partial charge >= 0.3 is 17.1 Å². The van der Waals surface area contributed by atoms with Crippen LogP contribution in [0.1, 0.15) is 5.56 Å². The Balaban J connectivity index is 0. The molecule has 0 heterocycles. The number of hydrogen-bond acceptors (Lipinski definition) is 3. The van der Waals surface area contributed by atoms with Gasteiger partial charge < -0.3 is 19.8 Å². The van der Waals surface area contributed by atoms with E-state index in [4.69, 9.17) is 15.3 Å². The first-order valence-electron chi connectivity index (χ1n) is 5.80. The predicted molar refractivity (Wildman–Crippen MR) is 76.2 cm³/mol. The van der Waals surface area contributed by atoms with Crippen molar-refractivity contribution >= 4 is 0 Å². The Morgan fingerprint density at radius 3 is 1.70 bits per heavy atom. The van der Waals surface area contributed by atoms with Crippen molar-refractivity contribution in [2.45, 2.75) is 6.54 Å². The molecule has 2 aromatic rings. The van der Waals surface area contributed by atoms with Crippen LogP contribution in [-0.4, -0.2) is 30.7 Å². The van der Waals surface area contributed by atoms with Crippen LogP contribution in [-0.2, 0) is 23.6 Å². The van der Waals surface area contributed by atoms with Crippen LogP contribution in [0.4, 0.5) is 0 Å². The van der Waals surface area contributed by atoms with Crippen molar-refractivity contribution in [3.63, 3.8) is 0 Å². The van der Waals surface area contributed by atoms with E-state index in [0.717, 1.165) is 11.0 Å². The van der Waals surface area contributed by atoms with Crippen LogP contribution in [0.15, 0.2) is 54.6 Å². The summed E-state index contributed by atoms with van der Waals surface area (Å²) in [5.74, 6) is 0. The van der Waals surface area contributed by atoms with E-state index in [0.29, 0.717) is 0 Å². The average Bonchev–Trinajstić information content (AvgIpc) is 2.86. The first kappa shape index (κ1) is 20.7. The molecule has 112 valence electrons. The van der Waals surface area contributed by atoms with Gasteiger partial charge in [-0.15, -0.1) is 5.56 Å². The largest absolute Gasteiger partial charge is 2.00 e. The summed E-state index contributed by atoms with van der Waals surface area (Å²) in [5.41, 5.74) is 1.42. The van der Waals surface area contributed by atoms with E-state index < -0.39 is 5.09 Å². The Labute approximate surface area is 130 Å². The summed E-state index contributed by atoms with van der Waals surface area (Å²) in [6.45, 7) is 1.12. The molecule has 2 rings (SSSR count). The number of quaternary nitrogens is 1. The van der Waals surface area contributed by atoms with E-state index in [9.17, 15) is 0 Å². The third-order valence-corrected chi connectivity index (χ3v) is 1.94. The Kier molecular flexibility index (Phi) is 11.6. The second-order valence-electron chi connectivity index (χ2n) is 4.93. The first-order chi connectivity index (χ1) is 8.81. The van der Waals surface area contributed by atoms with Crippen LogP contribution < -0.4 is 0 Å². The number of hydrogen-bond donors (Lipinski definition) is 0. The van der Waals surface area contributed by atoms with Gasteiger partial charge in [0, 0.05) is 0 Å². The van der Waals surface area contributed by atoms with Crippen molar-refractivity contribution in [1.82, 2.24) is 0 Å². The van der Waals surface area contributed by atoms with Gasteiger partial charge in [0.15, 0.2) is 0 Å². The van der Waals surface area contributed by atoms with Crippen molar-refractivity contribution in [2.75, 3.05) is 21.1 Å². The third-order valence-electron chi connectivity index (χ3n) is 1.94. The molecule has 0 aliphatic heterocycles. The van der Waals surface area contributed by atoms with Gasteiger partial charge in [-0.3, -0.25) is 0 Å². The minimum absolute atomic E-state index is 0. The van der Waals surface area contributed by atoms with Crippen molar-refractivity contribution in [3.8, 4) is 0 Å². The molecule has 0 saturated heterocycles. The fraction of sp³-hybridized carbons (Fsp3) is 0.286. The molecule has 20 heavy (non-hydrogen) atoms. The van der Waals surface area contributed by atoms with Gasteiger partial charge in [0.25, 0.3) is 0 Å². The third kappa shape index (κ3) is 16.4. The van der Waals surface area contributed by atoms with Crippen LogP contribution in [0.3, 0.4) is 0 Å². The quantitative estimate of drug-likeness (QED) is 0.281.